The van der Waals surface area contributed by atoms with Crippen LogP contribution in [0, 0.1) is 0 Å². The number of aryl methyl sites for hydroxylation is 1. The van der Waals surface area contributed by atoms with Crippen molar-refractivity contribution in [2.24, 2.45) is 0 Å². The summed E-state index contributed by atoms with van der Waals surface area (Å²) in [6.07, 6.45) is 1.78. The number of carbonyl (C=O) groups excluding carboxylic acids is 1. The van der Waals surface area contributed by atoms with E-state index in [9.17, 15) is 4.79 Å². The van der Waals surface area contributed by atoms with Crippen LogP contribution in [0.25, 0.3) is 0 Å². The number of nitrogens with zero attached hydrogens (tertiary/aromatic N) is 3. The van der Waals surface area contributed by atoms with E-state index in [1.807, 2.05) is 19.0 Å². The van der Waals surface area contributed by atoms with Crippen LogP contribution in [-0.4, -0.2) is 60.1 Å². The molecule has 0 fully saturated rings. The molecule has 18 heavy (non-hydrogen) atoms. The average Bonchev–Trinajstić information content (AvgIpc) is 2.68. The minimum absolute atomic E-state index is 0.132. The molecule has 1 aromatic rings. The van der Waals surface area contributed by atoms with Gasteiger partial charge in [0.1, 0.15) is 0 Å². The number of nitrogens with one attached hydrogen (secondary N) is 1. The quantitative estimate of drug-likeness (QED) is 0.777. The van der Waals surface area contributed by atoms with Crippen LogP contribution in [0.4, 0.5) is 5.69 Å². The van der Waals surface area contributed by atoms with Gasteiger partial charge in [0.25, 0.3) is 5.91 Å². The Hall–Kier alpha value is -1.56. The molecule has 0 radical (unpaired) electrons. The van der Waals surface area contributed by atoms with E-state index in [0.717, 1.165) is 25.1 Å². The lowest BCUT2D eigenvalue weighted by Crippen LogP contribution is -2.34. The highest BCUT2D eigenvalue weighted by Crippen LogP contribution is 2.16. The molecule has 0 unspecified atom stereocenters. The molecule has 0 aliphatic carbocycles. The molecule has 1 rings (SSSR count). The van der Waals surface area contributed by atoms with Crippen LogP contribution in [0.15, 0.2) is 0 Å². The number of hydrogen-bond acceptors (Lipinski definition) is 4. The molecule has 0 saturated carbocycles. The van der Waals surface area contributed by atoms with E-state index in [4.69, 9.17) is 5.73 Å². The van der Waals surface area contributed by atoms with E-state index < -0.39 is 0 Å². The Labute approximate surface area is 108 Å². The van der Waals surface area contributed by atoms with Gasteiger partial charge in [0.05, 0.1) is 11.4 Å². The van der Waals surface area contributed by atoms with Gasteiger partial charge in [0, 0.05) is 20.1 Å². The van der Waals surface area contributed by atoms with Crippen molar-refractivity contribution in [2.75, 3.05) is 40.0 Å². The van der Waals surface area contributed by atoms with Crippen molar-refractivity contribution < 1.29 is 4.79 Å². The summed E-state index contributed by atoms with van der Waals surface area (Å²) in [7, 11) is 5.71. The molecule has 1 amide bonds. The minimum atomic E-state index is -0.132. The standard InChI is InChI=1S/C12H23N5O/c1-5-6-9-10(13)11(15-14-9)12(18)17(4)8-7-16(2)3/h5-8,13H2,1-4H3,(H,14,15). The normalized spacial score (nSPS) is 10.9. The third kappa shape index (κ3) is 3.46. The van der Waals surface area contributed by atoms with Crippen LogP contribution < -0.4 is 5.73 Å². The van der Waals surface area contributed by atoms with Crippen molar-refractivity contribution in [3.05, 3.63) is 11.4 Å². The van der Waals surface area contributed by atoms with E-state index in [1.165, 1.54) is 0 Å². The Morgan fingerprint density at radius 1 is 1.33 bits per heavy atom. The molecule has 0 aliphatic rings. The Morgan fingerprint density at radius 3 is 2.56 bits per heavy atom. The predicted octanol–water partition coefficient (Wildman–Crippen LogP) is 0.578. The highest BCUT2D eigenvalue weighted by Gasteiger charge is 2.20. The summed E-state index contributed by atoms with van der Waals surface area (Å²) < 4.78 is 0. The summed E-state index contributed by atoms with van der Waals surface area (Å²) in [5.74, 6) is -0.132. The fraction of sp³-hybridized carbons (Fsp3) is 0.667. The molecule has 1 heterocycles. The number of H-pyrrole nitrogens is 1. The van der Waals surface area contributed by atoms with E-state index in [-0.39, 0.29) is 5.91 Å². The van der Waals surface area contributed by atoms with Crippen LogP contribution in [0.5, 0.6) is 0 Å². The Morgan fingerprint density at radius 2 is 2.00 bits per heavy atom. The number of nitrogen functional groups attached to an aromatic ring is 1. The second-order valence-electron chi connectivity index (χ2n) is 4.74. The van der Waals surface area contributed by atoms with Crippen molar-refractivity contribution in [3.8, 4) is 0 Å². The third-order valence-electron chi connectivity index (χ3n) is 2.81. The monoisotopic (exact) mass is 253 g/mol. The van der Waals surface area contributed by atoms with Gasteiger partial charge < -0.3 is 15.5 Å². The van der Waals surface area contributed by atoms with E-state index in [0.29, 0.717) is 17.9 Å². The molecule has 0 spiro atoms. The minimum Gasteiger partial charge on any atom is -0.395 e. The summed E-state index contributed by atoms with van der Waals surface area (Å²) in [4.78, 5) is 15.8. The molecule has 6 heteroatoms. The molecule has 0 bridgehead atoms. The number of aromatic nitrogens is 2. The highest BCUT2D eigenvalue weighted by atomic mass is 16.2. The number of nitrogens with two attached hydrogens (primary N) is 1. The van der Waals surface area contributed by atoms with Crippen molar-refractivity contribution >= 4 is 11.6 Å². The summed E-state index contributed by atoms with van der Waals surface area (Å²) in [5, 5.41) is 6.87. The molecular formula is C12H23N5O. The smallest absolute Gasteiger partial charge is 0.276 e. The number of carbonyl (C=O) groups is 1. The maximum atomic E-state index is 12.1. The third-order valence-corrected chi connectivity index (χ3v) is 2.81. The van der Waals surface area contributed by atoms with Crippen LogP contribution in [0.3, 0.4) is 0 Å². The summed E-state index contributed by atoms with van der Waals surface area (Å²) >= 11 is 0. The second kappa shape index (κ2) is 6.39. The fourth-order valence-electron chi connectivity index (χ4n) is 1.62. The van der Waals surface area contributed by atoms with Crippen LogP contribution in [0.2, 0.25) is 0 Å². The SMILES string of the molecule is CCCc1[nH]nc(C(=O)N(C)CCN(C)C)c1N. The Bertz CT molecular complexity index is 399. The van der Waals surface area contributed by atoms with Gasteiger partial charge in [-0.2, -0.15) is 5.10 Å². The van der Waals surface area contributed by atoms with Crippen molar-refractivity contribution in [3.63, 3.8) is 0 Å². The van der Waals surface area contributed by atoms with Gasteiger partial charge in [-0.3, -0.25) is 9.89 Å². The average molecular weight is 253 g/mol. The van der Waals surface area contributed by atoms with Gasteiger partial charge in [-0.25, -0.2) is 0 Å². The maximum absolute atomic E-state index is 12.1. The zero-order chi connectivity index (χ0) is 13.7. The topological polar surface area (TPSA) is 78.2 Å². The lowest BCUT2D eigenvalue weighted by atomic mass is 10.2. The zero-order valence-corrected chi connectivity index (χ0v) is 11.7. The number of rotatable bonds is 6. The lowest BCUT2D eigenvalue weighted by molar-refractivity contribution is 0.0781. The number of likely N-dealkylation sites (N-methyl/N-ethyl adjacent to an activating group) is 2. The number of anilines is 1. The summed E-state index contributed by atoms with van der Waals surface area (Å²) in [6.45, 7) is 3.53. The first kappa shape index (κ1) is 14.5. The summed E-state index contributed by atoms with van der Waals surface area (Å²) in [5.41, 5.74) is 7.60. The second-order valence-corrected chi connectivity index (χ2v) is 4.74. The number of amides is 1. The molecule has 1 aromatic heterocycles. The van der Waals surface area contributed by atoms with Gasteiger partial charge >= 0.3 is 0 Å². The molecular weight excluding hydrogens is 230 g/mol. The molecule has 3 N–H and O–H groups in total. The molecule has 0 saturated heterocycles. The molecule has 0 aromatic carbocycles. The largest absolute Gasteiger partial charge is 0.395 e. The first-order valence-corrected chi connectivity index (χ1v) is 6.20. The van der Waals surface area contributed by atoms with Crippen LogP contribution >= 0.6 is 0 Å². The van der Waals surface area contributed by atoms with Crippen molar-refractivity contribution in [1.29, 1.82) is 0 Å². The van der Waals surface area contributed by atoms with Gasteiger partial charge in [-0.05, 0) is 20.5 Å². The lowest BCUT2D eigenvalue weighted by Gasteiger charge is -2.18. The van der Waals surface area contributed by atoms with E-state index >= 15 is 0 Å². The fourth-order valence-corrected chi connectivity index (χ4v) is 1.62. The van der Waals surface area contributed by atoms with Crippen molar-refractivity contribution in [2.45, 2.75) is 19.8 Å². The molecule has 0 atom stereocenters. The van der Waals surface area contributed by atoms with Gasteiger partial charge in [0.2, 0.25) is 0 Å². The molecule has 0 aliphatic heterocycles. The van der Waals surface area contributed by atoms with E-state index in [2.05, 4.69) is 17.1 Å². The highest BCUT2D eigenvalue weighted by molar-refractivity contribution is 5.97. The first-order valence-electron chi connectivity index (χ1n) is 6.20. The molecule has 102 valence electrons. The van der Waals surface area contributed by atoms with E-state index in [1.54, 1.807) is 11.9 Å². The van der Waals surface area contributed by atoms with Crippen LogP contribution in [0.1, 0.15) is 29.5 Å². The number of aromatic amines is 1. The zero-order valence-electron chi connectivity index (χ0n) is 11.7. The Balaban J connectivity index is 2.71. The van der Waals surface area contributed by atoms with Gasteiger partial charge in [-0.15, -0.1) is 0 Å². The van der Waals surface area contributed by atoms with Crippen molar-refractivity contribution in [1.82, 2.24) is 20.0 Å². The molecule has 6 nitrogen and oxygen atoms in total. The Kier molecular flexibility index (Phi) is 5.15. The van der Waals surface area contributed by atoms with Crippen LogP contribution in [-0.2, 0) is 6.42 Å². The van der Waals surface area contributed by atoms with Gasteiger partial charge in [-0.1, -0.05) is 13.3 Å². The summed E-state index contributed by atoms with van der Waals surface area (Å²) in [6, 6.07) is 0. The maximum Gasteiger partial charge on any atom is 0.276 e. The van der Waals surface area contributed by atoms with Gasteiger partial charge in [0.15, 0.2) is 5.69 Å². The predicted molar refractivity (Wildman–Crippen MR) is 72.5 cm³/mol. The first-order chi connectivity index (χ1) is 8.47. The number of hydrogen-bond donors (Lipinski definition) is 2.